The summed E-state index contributed by atoms with van der Waals surface area (Å²) < 4.78 is 0.670. The summed E-state index contributed by atoms with van der Waals surface area (Å²) in [5.41, 5.74) is 1.89. The van der Waals surface area contributed by atoms with Gasteiger partial charge < -0.3 is 0 Å². The van der Waals surface area contributed by atoms with Gasteiger partial charge in [0, 0.05) is 3.92 Å². The molecule has 0 aromatic rings. The zero-order valence-corrected chi connectivity index (χ0v) is 9.81. The third-order valence-electron chi connectivity index (χ3n) is 3.18. The maximum atomic E-state index is 4.12. The molecule has 0 bridgehead atoms. The van der Waals surface area contributed by atoms with E-state index in [1.165, 1.54) is 18.4 Å². The number of hydrogen-bond acceptors (Lipinski definition) is 0. The van der Waals surface area contributed by atoms with E-state index in [1.54, 1.807) is 0 Å². The van der Waals surface area contributed by atoms with Crippen LogP contribution in [0.3, 0.4) is 0 Å². The van der Waals surface area contributed by atoms with Crippen molar-refractivity contribution in [2.24, 2.45) is 11.3 Å². The summed E-state index contributed by atoms with van der Waals surface area (Å²) >= 11 is 2.54. The molecule has 0 unspecified atom stereocenters. The molecule has 64 valence electrons. The highest BCUT2D eigenvalue weighted by molar-refractivity contribution is 14.1. The smallest absolute Gasteiger partial charge is 0.0369 e. The van der Waals surface area contributed by atoms with E-state index in [-0.39, 0.29) is 0 Å². The molecule has 1 fully saturated rings. The maximum absolute atomic E-state index is 4.12. The Morgan fingerprint density at radius 3 is 2.55 bits per heavy atom. The Balaban J connectivity index is 2.80. The van der Waals surface area contributed by atoms with Gasteiger partial charge in [-0.3, -0.25) is 0 Å². The molecule has 1 aliphatic rings. The third kappa shape index (κ3) is 1.63. The molecule has 11 heavy (non-hydrogen) atoms. The summed E-state index contributed by atoms with van der Waals surface area (Å²) in [6.45, 7) is 11.2. The fraction of sp³-hybridized carbons (Fsp3) is 0.800. The summed E-state index contributed by atoms with van der Waals surface area (Å²) in [4.78, 5) is 0. The van der Waals surface area contributed by atoms with Crippen LogP contribution < -0.4 is 0 Å². The van der Waals surface area contributed by atoms with Crippen LogP contribution in [0.4, 0.5) is 0 Å². The van der Waals surface area contributed by atoms with Crippen LogP contribution in [0.2, 0.25) is 0 Å². The van der Waals surface area contributed by atoms with E-state index in [2.05, 4.69) is 49.9 Å². The van der Waals surface area contributed by atoms with Gasteiger partial charge in [-0.1, -0.05) is 55.5 Å². The molecule has 0 aromatic carbocycles. The van der Waals surface area contributed by atoms with Gasteiger partial charge in [-0.05, 0) is 24.2 Å². The highest BCUT2D eigenvalue weighted by Crippen LogP contribution is 2.46. The number of rotatable bonds is 0. The molecule has 0 heterocycles. The number of halogens is 1. The second-order valence-corrected chi connectivity index (χ2v) is 5.53. The van der Waals surface area contributed by atoms with Gasteiger partial charge in [0.25, 0.3) is 0 Å². The van der Waals surface area contributed by atoms with Crippen LogP contribution in [0.5, 0.6) is 0 Å². The Morgan fingerprint density at radius 1 is 1.55 bits per heavy atom. The van der Waals surface area contributed by atoms with Crippen molar-refractivity contribution in [3.63, 3.8) is 0 Å². The highest BCUT2D eigenvalue weighted by atomic mass is 127. The van der Waals surface area contributed by atoms with Crippen LogP contribution in [0.1, 0.15) is 33.6 Å². The lowest BCUT2D eigenvalue weighted by molar-refractivity contribution is 0.204. The van der Waals surface area contributed by atoms with Crippen molar-refractivity contribution in [2.75, 3.05) is 0 Å². The van der Waals surface area contributed by atoms with Crippen LogP contribution in [0.25, 0.3) is 0 Å². The summed E-state index contributed by atoms with van der Waals surface area (Å²) in [5.74, 6) is 0.842. The lowest BCUT2D eigenvalue weighted by Crippen LogP contribution is -2.36. The molecule has 0 aromatic heterocycles. The average molecular weight is 264 g/mol. The van der Waals surface area contributed by atoms with Gasteiger partial charge in [0.1, 0.15) is 0 Å². The molecule has 0 nitrogen and oxygen atoms in total. The zero-order valence-electron chi connectivity index (χ0n) is 7.65. The van der Waals surface area contributed by atoms with Crippen LogP contribution in [-0.2, 0) is 0 Å². The molecule has 0 spiro atoms. The fourth-order valence-corrected chi connectivity index (χ4v) is 2.60. The molecule has 2 atom stereocenters. The first-order chi connectivity index (χ1) is 4.96. The molecule has 1 saturated carbocycles. The van der Waals surface area contributed by atoms with E-state index < -0.39 is 0 Å². The lowest BCUT2D eigenvalue weighted by Gasteiger charge is -2.42. The Kier molecular flexibility index (Phi) is 2.67. The Bertz CT molecular complexity index is 170. The first-order valence-corrected chi connectivity index (χ1v) is 5.52. The minimum Gasteiger partial charge on any atom is -0.0988 e. The van der Waals surface area contributed by atoms with E-state index in [4.69, 9.17) is 0 Å². The minimum atomic E-state index is 0.454. The predicted octanol–water partition coefficient (Wildman–Crippen LogP) is 3.80. The monoisotopic (exact) mass is 264 g/mol. The van der Waals surface area contributed by atoms with E-state index in [9.17, 15) is 0 Å². The minimum absolute atomic E-state index is 0.454. The summed E-state index contributed by atoms with van der Waals surface area (Å²) in [6, 6.07) is 0. The van der Waals surface area contributed by atoms with Gasteiger partial charge in [-0.15, -0.1) is 0 Å². The zero-order chi connectivity index (χ0) is 8.65. The average Bonchev–Trinajstić information content (AvgIpc) is 1.95. The first kappa shape index (κ1) is 9.56. The van der Waals surface area contributed by atoms with Gasteiger partial charge in [0.2, 0.25) is 0 Å². The Morgan fingerprint density at radius 2 is 2.09 bits per heavy atom. The second kappa shape index (κ2) is 3.08. The predicted molar refractivity (Wildman–Crippen MR) is 59.1 cm³/mol. The fourth-order valence-electron chi connectivity index (χ4n) is 1.68. The van der Waals surface area contributed by atoms with Crippen LogP contribution in [0.15, 0.2) is 12.2 Å². The topological polar surface area (TPSA) is 0 Å². The van der Waals surface area contributed by atoms with Gasteiger partial charge in [0.15, 0.2) is 0 Å². The van der Waals surface area contributed by atoms with E-state index in [1.807, 2.05) is 0 Å². The van der Waals surface area contributed by atoms with Crippen molar-refractivity contribution in [3.05, 3.63) is 12.2 Å². The molecule has 0 amide bonds. The van der Waals surface area contributed by atoms with E-state index >= 15 is 0 Å². The Hall–Kier alpha value is 0.470. The Labute approximate surface area is 83.6 Å². The quantitative estimate of drug-likeness (QED) is 0.354. The lowest BCUT2D eigenvalue weighted by atomic mass is 9.68. The molecule has 1 heteroatoms. The normalized spacial score (nSPS) is 37.3. The number of allylic oxidation sites excluding steroid dienone is 1. The standard InChI is InChI=1S/C10H17I/c1-7-5-6-8(2)10(3,4)9(7)11/h8-9H,1,5-6H2,2-4H3/t8-,9-/m0/s1. The van der Waals surface area contributed by atoms with Crippen LogP contribution >= 0.6 is 22.6 Å². The van der Waals surface area contributed by atoms with Gasteiger partial charge in [-0.25, -0.2) is 0 Å². The van der Waals surface area contributed by atoms with Crippen molar-refractivity contribution in [1.82, 2.24) is 0 Å². The summed E-state index contributed by atoms with van der Waals surface area (Å²) in [6.07, 6.45) is 2.56. The van der Waals surface area contributed by atoms with Gasteiger partial charge in [-0.2, -0.15) is 0 Å². The van der Waals surface area contributed by atoms with Gasteiger partial charge >= 0.3 is 0 Å². The molecular formula is C10H17I. The molecule has 0 radical (unpaired) electrons. The molecule has 0 N–H and O–H groups in total. The largest absolute Gasteiger partial charge is 0.0988 e. The van der Waals surface area contributed by atoms with Crippen LogP contribution in [0, 0.1) is 11.3 Å². The molecule has 0 saturated heterocycles. The van der Waals surface area contributed by atoms with E-state index in [0.717, 1.165) is 5.92 Å². The molecule has 1 aliphatic carbocycles. The first-order valence-electron chi connectivity index (χ1n) is 4.28. The molecular weight excluding hydrogens is 247 g/mol. The molecule has 1 rings (SSSR count). The summed E-state index contributed by atoms with van der Waals surface area (Å²) in [5, 5.41) is 0. The van der Waals surface area contributed by atoms with Crippen molar-refractivity contribution in [2.45, 2.75) is 37.5 Å². The van der Waals surface area contributed by atoms with Crippen molar-refractivity contribution < 1.29 is 0 Å². The number of hydrogen-bond donors (Lipinski definition) is 0. The third-order valence-corrected chi connectivity index (χ3v) is 5.67. The van der Waals surface area contributed by atoms with Crippen molar-refractivity contribution in [1.29, 1.82) is 0 Å². The number of alkyl halides is 1. The van der Waals surface area contributed by atoms with Crippen molar-refractivity contribution >= 4 is 22.6 Å². The van der Waals surface area contributed by atoms with E-state index in [0.29, 0.717) is 9.34 Å². The molecule has 0 aliphatic heterocycles. The van der Waals surface area contributed by atoms with Gasteiger partial charge in [0.05, 0.1) is 0 Å². The summed E-state index contributed by atoms with van der Waals surface area (Å²) in [7, 11) is 0. The maximum Gasteiger partial charge on any atom is 0.0369 e. The second-order valence-electron chi connectivity index (χ2n) is 4.28. The highest BCUT2D eigenvalue weighted by Gasteiger charge is 2.37. The van der Waals surface area contributed by atoms with Crippen LogP contribution in [-0.4, -0.2) is 3.92 Å². The SMILES string of the molecule is C=C1CC[C@H](C)C(C)(C)[C@H]1I. The van der Waals surface area contributed by atoms with Crippen molar-refractivity contribution in [3.8, 4) is 0 Å².